The van der Waals surface area contributed by atoms with Crippen LogP contribution < -0.4 is 9.64 Å². The average molecular weight is 447 g/mol. The van der Waals surface area contributed by atoms with Crippen molar-refractivity contribution in [2.45, 2.75) is 38.0 Å². The van der Waals surface area contributed by atoms with Crippen LogP contribution in [0.1, 0.15) is 32.3 Å². The molecular weight excluding hydrogens is 416 g/mol. The van der Waals surface area contributed by atoms with Crippen LogP contribution in [0.5, 0.6) is 5.75 Å². The summed E-state index contributed by atoms with van der Waals surface area (Å²) in [6, 6.07) is 11.1. The fraction of sp³-hybridized carbons (Fsp3) is 0.348. The third kappa shape index (κ3) is 5.65. The van der Waals surface area contributed by atoms with Gasteiger partial charge in [0, 0.05) is 13.1 Å². The molecule has 0 radical (unpaired) electrons. The van der Waals surface area contributed by atoms with Crippen LogP contribution in [0.15, 0.2) is 60.0 Å². The zero-order chi connectivity index (χ0) is 23.0. The summed E-state index contributed by atoms with van der Waals surface area (Å²) in [6.45, 7) is 8.45. The standard InChI is InChI=1S/C23H30N2O5S/c1-5-8-18-9-14-21(22(17-18)30-4)25(23(26)27)19-10-12-20(13-11-19)31(28,29)24(15-6-2)16-7-3/h5,9-14,17H,1,6-8,15-16H2,2-4H3,(H,26,27). The molecule has 8 heteroatoms. The van der Waals surface area contributed by atoms with Crippen LogP contribution in [0.25, 0.3) is 0 Å². The molecule has 2 aromatic carbocycles. The number of sulfonamides is 1. The van der Waals surface area contributed by atoms with Crippen LogP contribution in [0.3, 0.4) is 0 Å². The number of amides is 1. The van der Waals surface area contributed by atoms with Gasteiger partial charge in [-0.1, -0.05) is 26.0 Å². The van der Waals surface area contributed by atoms with E-state index < -0.39 is 16.1 Å². The summed E-state index contributed by atoms with van der Waals surface area (Å²) in [5.41, 5.74) is 1.60. The Kier molecular flexibility index (Phi) is 8.65. The normalized spacial score (nSPS) is 11.4. The van der Waals surface area contributed by atoms with Gasteiger partial charge in [-0.25, -0.2) is 18.1 Å². The minimum Gasteiger partial charge on any atom is -0.495 e. The molecule has 0 spiro atoms. The second kappa shape index (κ2) is 11.0. The predicted octanol–water partition coefficient (Wildman–Crippen LogP) is 5.05. The molecule has 0 saturated carbocycles. The van der Waals surface area contributed by atoms with E-state index in [9.17, 15) is 18.3 Å². The highest BCUT2D eigenvalue weighted by molar-refractivity contribution is 7.89. The number of allylic oxidation sites excluding steroid dienone is 1. The lowest BCUT2D eigenvalue weighted by Gasteiger charge is -2.24. The van der Waals surface area contributed by atoms with Gasteiger partial charge < -0.3 is 9.84 Å². The Labute approximate surface area is 184 Å². The van der Waals surface area contributed by atoms with Gasteiger partial charge in [0.15, 0.2) is 0 Å². The zero-order valence-corrected chi connectivity index (χ0v) is 19.1. The molecule has 1 N–H and O–H groups in total. The number of hydrogen-bond acceptors (Lipinski definition) is 4. The van der Waals surface area contributed by atoms with Gasteiger partial charge in [0.2, 0.25) is 10.0 Å². The molecule has 1 amide bonds. The number of carboxylic acid groups (broad SMARTS) is 1. The van der Waals surface area contributed by atoms with Gasteiger partial charge in [0.25, 0.3) is 0 Å². The summed E-state index contributed by atoms with van der Waals surface area (Å²) in [7, 11) is -2.17. The highest BCUT2D eigenvalue weighted by atomic mass is 32.2. The molecule has 31 heavy (non-hydrogen) atoms. The molecule has 2 rings (SSSR count). The van der Waals surface area contributed by atoms with Gasteiger partial charge in [0.1, 0.15) is 5.75 Å². The van der Waals surface area contributed by atoms with Crippen LogP contribution in [-0.2, 0) is 16.4 Å². The number of anilines is 2. The topological polar surface area (TPSA) is 87.2 Å². The first-order valence-corrected chi connectivity index (χ1v) is 11.6. The average Bonchev–Trinajstić information content (AvgIpc) is 2.75. The number of hydrogen-bond donors (Lipinski definition) is 1. The van der Waals surface area contributed by atoms with Crippen molar-refractivity contribution in [3.05, 3.63) is 60.7 Å². The summed E-state index contributed by atoms with van der Waals surface area (Å²) in [5.74, 6) is 0.399. The summed E-state index contributed by atoms with van der Waals surface area (Å²) in [4.78, 5) is 13.3. The van der Waals surface area contributed by atoms with Crippen molar-refractivity contribution < 1.29 is 23.1 Å². The van der Waals surface area contributed by atoms with Gasteiger partial charge in [0.05, 0.1) is 23.4 Å². The van der Waals surface area contributed by atoms with Crippen LogP contribution in [0.2, 0.25) is 0 Å². The lowest BCUT2D eigenvalue weighted by molar-refractivity contribution is 0.204. The van der Waals surface area contributed by atoms with Crippen molar-refractivity contribution >= 4 is 27.5 Å². The molecule has 0 aliphatic heterocycles. The zero-order valence-electron chi connectivity index (χ0n) is 18.2. The molecule has 0 atom stereocenters. The van der Waals surface area contributed by atoms with E-state index in [1.807, 2.05) is 19.9 Å². The first-order valence-electron chi connectivity index (χ1n) is 10.2. The second-order valence-electron chi connectivity index (χ2n) is 7.01. The van der Waals surface area contributed by atoms with Gasteiger partial charge >= 0.3 is 6.09 Å². The van der Waals surface area contributed by atoms with Crippen molar-refractivity contribution in [2.24, 2.45) is 0 Å². The van der Waals surface area contributed by atoms with E-state index >= 15 is 0 Å². The van der Waals surface area contributed by atoms with Crippen LogP contribution in [-0.4, -0.2) is 44.1 Å². The smallest absolute Gasteiger partial charge is 0.416 e. The van der Waals surface area contributed by atoms with Crippen LogP contribution in [0, 0.1) is 0 Å². The van der Waals surface area contributed by atoms with Crippen molar-refractivity contribution in [1.29, 1.82) is 0 Å². The van der Waals surface area contributed by atoms with E-state index in [1.54, 1.807) is 18.2 Å². The second-order valence-corrected chi connectivity index (χ2v) is 8.95. The molecule has 0 bridgehead atoms. The van der Waals surface area contributed by atoms with Crippen molar-refractivity contribution in [2.75, 3.05) is 25.1 Å². The largest absolute Gasteiger partial charge is 0.495 e. The molecule has 7 nitrogen and oxygen atoms in total. The number of ether oxygens (including phenoxy) is 1. The van der Waals surface area contributed by atoms with Crippen molar-refractivity contribution in [1.82, 2.24) is 4.31 Å². The van der Waals surface area contributed by atoms with Crippen molar-refractivity contribution in [3.63, 3.8) is 0 Å². The maximum Gasteiger partial charge on any atom is 0.416 e. The molecule has 0 saturated heterocycles. The lowest BCUT2D eigenvalue weighted by Crippen LogP contribution is -2.32. The minimum absolute atomic E-state index is 0.136. The van der Waals surface area contributed by atoms with E-state index in [1.165, 1.54) is 35.7 Å². The Hall–Kier alpha value is -2.84. The summed E-state index contributed by atoms with van der Waals surface area (Å²) in [5, 5.41) is 9.86. The molecule has 0 aromatic heterocycles. The van der Waals surface area contributed by atoms with E-state index in [-0.39, 0.29) is 4.90 Å². The maximum absolute atomic E-state index is 13.0. The Bertz CT molecular complexity index is 997. The molecule has 0 aliphatic carbocycles. The number of nitrogens with zero attached hydrogens (tertiary/aromatic N) is 2. The highest BCUT2D eigenvalue weighted by Crippen LogP contribution is 2.35. The van der Waals surface area contributed by atoms with Crippen molar-refractivity contribution in [3.8, 4) is 5.75 Å². The third-order valence-electron chi connectivity index (χ3n) is 4.74. The third-order valence-corrected chi connectivity index (χ3v) is 6.65. The summed E-state index contributed by atoms with van der Waals surface area (Å²) in [6.07, 6.45) is 2.60. The molecule has 0 fully saturated rings. The number of carbonyl (C=O) groups is 1. The quantitative estimate of drug-likeness (QED) is 0.488. The predicted molar refractivity (Wildman–Crippen MR) is 123 cm³/mol. The van der Waals surface area contributed by atoms with E-state index in [0.29, 0.717) is 49.5 Å². The molecule has 0 unspecified atom stereocenters. The Morgan fingerprint density at radius 2 is 1.71 bits per heavy atom. The number of rotatable bonds is 11. The Balaban J connectivity index is 2.45. The maximum atomic E-state index is 13.0. The number of benzene rings is 2. The van der Waals surface area contributed by atoms with E-state index in [0.717, 1.165) is 10.5 Å². The Morgan fingerprint density at radius 3 is 2.19 bits per heavy atom. The SMILES string of the molecule is C=CCc1ccc(N(C(=O)O)c2ccc(S(=O)(=O)N(CCC)CCC)cc2)c(OC)c1. The monoisotopic (exact) mass is 446 g/mol. The lowest BCUT2D eigenvalue weighted by atomic mass is 10.1. The van der Waals surface area contributed by atoms with Gasteiger partial charge in [-0.15, -0.1) is 6.58 Å². The first kappa shape index (κ1) is 24.4. The highest BCUT2D eigenvalue weighted by Gasteiger charge is 2.25. The van der Waals surface area contributed by atoms with Gasteiger partial charge in [-0.3, -0.25) is 0 Å². The molecule has 168 valence electrons. The van der Waals surface area contributed by atoms with Gasteiger partial charge in [-0.05, 0) is 61.2 Å². The molecule has 0 heterocycles. The fourth-order valence-electron chi connectivity index (χ4n) is 3.32. The summed E-state index contributed by atoms with van der Waals surface area (Å²) < 4.78 is 32.8. The number of methoxy groups -OCH3 is 1. The van der Waals surface area contributed by atoms with E-state index in [4.69, 9.17) is 4.74 Å². The van der Waals surface area contributed by atoms with Crippen LogP contribution >= 0.6 is 0 Å². The van der Waals surface area contributed by atoms with Crippen LogP contribution in [0.4, 0.5) is 16.2 Å². The Morgan fingerprint density at radius 1 is 1.10 bits per heavy atom. The first-order chi connectivity index (χ1) is 14.8. The van der Waals surface area contributed by atoms with E-state index in [2.05, 4.69) is 6.58 Å². The molecular formula is C23H30N2O5S. The molecule has 2 aromatic rings. The minimum atomic E-state index is -3.64. The fourth-order valence-corrected chi connectivity index (χ4v) is 4.94. The molecule has 0 aliphatic rings. The summed E-state index contributed by atoms with van der Waals surface area (Å²) >= 11 is 0. The van der Waals surface area contributed by atoms with Gasteiger partial charge in [-0.2, -0.15) is 4.31 Å².